The number of carbonyl (C=O) groups excluding carboxylic acids is 1. The highest BCUT2D eigenvalue weighted by Crippen LogP contribution is 2.21. The zero-order valence-corrected chi connectivity index (χ0v) is 11.9. The molecule has 1 aromatic rings. The van der Waals surface area contributed by atoms with Crippen LogP contribution in [0.2, 0.25) is 10.0 Å². The molecule has 18 heavy (non-hydrogen) atoms. The largest absolute Gasteiger partial charge is 0.348 e. The molecule has 0 aliphatic carbocycles. The second-order valence-electron chi connectivity index (χ2n) is 4.17. The van der Waals surface area contributed by atoms with Crippen LogP contribution in [-0.2, 0) is 0 Å². The van der Waals surface area contributed by atoms with Crippen LogP contribution in [0.25, 0.3) is 0 Å². The maximum Gasteiger partial charge on any atom is 0.253 e. The zero-order chi connectivity index (χ0) is 13.5. The molecule has 0 fully saturated rings. The first-order valence-corrected chi connectivity index (χ1v) is 6.80. The van der Waals surface area contributed by atoms with Crippen molar-refractivity contribution in [1.82, 2.24) is 5.32 Å². The molecule has 0 aromatic heterocycles. The smallest absolute Gasteiger partial charge is 0.253 e. The van der Waals surface area contributed by atoms with Gasteiger partial charge in [0.25, 0.3) is 5.91 Å². The molecule has 5 heteroatoms. The maximum atomic E-state index is 12.0. The zero-order valence-electron chi connectivity index (χ0n) is 10.4. The van der Waals surface area contributed by atoms with Gasteiger partial charge in [0.2, 0.25) is 0 Å². The van der Waals surface area contributed by atoms with Crippen molar-refractivity contribution in [2.45, 2.75) is 32.2 Å². The lowest BCUT2D eigenvalue weighted by Crippen LogP contribution is -2.40. The van der Waals surface area contributed by atoms with Gasteiger partial charge in [-0.05, 0) is 24.6 Å². The monoisotopic (exact) mass is 288 g/mol. The van der Waals surface area contributed by atoms with Gasteiger partial charge in [0.15, 0.2) is 0 Å². The Morgan fingerprint density at radius 1 is 1.44 bits per heavy atom. The number of hydrogen-bond donors (Lipinski definition) is 2. The van der Waals surface area contributed by atoms with E-state index in [0.717, 1.165) is 19.3 Å². The molecule has 0 radical (unpaired) electrons. The average molecular weight is 289 g/mol. The van der Waals surface area contributed by atoms with E-state index >= 15 is 0 Å². The summed E-state index contributed by atoms with van der Waals surface area (Å²) in [7, 11) is 0. The Morgan fingerprint density at radius 3 is 2.72 bits per heavy atom. The van der Waals surface area contributed by atoms with E-state index in [1.165, 1.54) is 0 Å². The van der Waals surface area contributed by atoms with Gasteiger partial charge in [0, 0.05) is 17.6 Å². The fourth-order valence-corrected chi connectivity index (χ4v) is 2.13. The Hall–Kier alpha value is -0.770. The van der Waals surface area contributed by atoms with E-state index in [9.17, 15) is 4.79 Å². The second-order valence-corrected chi connectivity index (χ2v) is 5.02. The summed E-state index contributed by atoms with van der Waals surface area (Å²) in [5.74, 6) is -0.205. The Balaban J connectivity index is 2.68. The van der Waals surface area contributed by atoms with Gasteiger partial charge in [0.05, 0.1) is 10.6 Å². The van der Waals surface area contributed by atoms with Crippen molar-refractivity contribution >= 4 is 29.1 Å². The molecule has 0 bridgehead atoms. The van der Waals surface area contributed by atoms with E-state index in [0.29, 0.717) is 22.2 Å². The van der Waals surface area contributed by atoms with Crippen LogP contribution < -0.4 is 11.1 Å². The minimum atomic E-state index is -0.205. The van der Waals surface area contributed by atoms with E-state index < -0.39 is 0 Å². The van der Waals surface area contributed by atoms with Gasteiger partial charge in [-0.3, -0.25) is 4.79 Å². The fourth-order valence-electron chi connectivity index (χ4n) is 1.64. The van der Waals surface area contributed by atoms with Crippen molar-refractivity contribution in [2.75, 3.05) is 6.54 Å². The highest BCUT2D eigenvalue weighted by Gasteiger charge is 2.14. The lowest BCUT2D eigenvalue weighted by Gasteiger charge is -2.17. The van der Waals surface area contributed by atoms with Gasteiger partial charge in [-0.2, -0.15) is 0 Å². The Bertz CT molecular complexity index is 410. The molecule has 0 heterocycles. The van der Waals surface area contributed by atoms with E-state index in [4.69, 9.17) is 28.9 Å². The summed E-state index contributed by atoms with van der Waals surface area (Å²) in [6, 6.07) is 4.81. The standard InChI is InChI=1S/C13H18Cl2N2O/c1-2-3-4-10(8-16)17-13(18)11-6-5-9(14)7-12(11)15/h5-7,10H,2-4,8,16H2,1H3,(H,17,18). The number of nitrogens with two attached hydrogens (primary N) is 1. The number of benzene rings is 1. The highest BCUT2D eigenvalue weighted by atomic mass is 35.5. The van der Waals surface area contributed by atoms with Crippen molar-refractivity contribution in [3.8, 4) is 0 Å². The normalized spacial score (nSPS) is 12.2. The minimum Gasteiger partial charge on any atom is -0.348 e. The van der Waals surface area contributed by atoms with Gasteiger partial charge in [-0.1, -0.05) is 43.0 Å². The summed E-state index contributed by atoms with van der Waals surface area (Å²) in [6.45, 7) is 2.53. The molecule has 1 unspecified atom stereocenters. The molecule has 0 aliphatic heterocycles. The molecule has 100 valence electrons. The van der Waals surface area contributed by atoms with Crippen LogP contribution in [0.4, 0.5) is 0 Å². The Kier molecular flexibility index (Phi) is 6.47. The SMILES string of the molecule is CCCCC(CN)NC(=O)c1ccc(Cl)cc1Cl. The molecule has 3 nitrogen and oxygen atoms in total. The van der Waals surface area contributed by atoms with Gasteiger partial charge in [-0.25, -0.2) is 0 Å². The number of unbranched alkanes of at least 4 members (excludes halogenated alkanes) is 1. The minimum absolute atomic E-state index is 0.0100. The second kappa shape index (κ2) is 7.62. The summed E-state index contributed by atoms with van der Waals surface area (Å²) in [5, 5.41) is 3.75. The van der Waals surface area contributed by atoms with E-state index in [-0.39, 0.29) is 11.9 Å². The van der Waals surface area contributed by atoms with Crippen molar-refractivity contribution in [3.63, 3.8) is 0 Å². The summed E-state index contributed by atoms with van der Waals surface area (Å²) in [4.78, 5) is 12.0. The lowest BCUT2D eigenvalue weighted by molar-refractivity contribution is 0.0936. The summed E-state index contributed by atoms with van der Waals surface area (Å²) < 4.78 is 0. The van der Waals surface area contributed by atoms with Crippen molar-refractivity contribution < 1.29 is 4.79 Å². The first-order valence-electron chi connectivity index (χ1n) is 6.04. The summed E-state index contributed by atoms with van der Waals surface area (Å²) >= 11 is 11.8. The van der Waals surface area contributed by atoms with Gasteiger partial charge >= 0.3 is 0 Å². The number of nitrogens with one attached hydrogen (secondary N) is 1. The quantitative estimate of drug-likeness (QED) is 0.844. The molecule has 0 saturated carbocycles. The third-order valence-electron chi connectivity index (χ3n) is 2.70. The molecule has 3 N–H and O–H groups in total. The van der Waals surface area contributed by atoms with Crippen molar-refractivity contribution in [3.05, 3.63) is 33.8 Å². The van der Waals surface area contributed by atoms with Crippen LogP contribution in [0.5, 0.6) is 0 Å². The predicted molar refractivity (Wildman–Crippen MR) is 76.3 cm³/mol. The third kappa shape index (κ3) is 4.48. The number of amides is 1. The third-order valence-corrected chi connectivity index (χ3v) is 3.25. The maximum absolute atomic E-state index is 12.0. The molecule has 0 aliphatic rings. The van der Waals surface area contributed by atoms with Gasteiger partial charge in [0.1, 0.15) is 0 Å². The predicted octanol–water partition coefficient (Wildman–Crippen LogP) is 3.24. The van der Waals surface area contributed by atoms with Crippen LogP contribution in [0, 0.1) is 0 Å². The van der Waals surface area contributed by atoms with Crippen LogP contribution in [0.1, 0.15) is 36.5 Å². The van der Waals surface area contributed by atoms with Gasteiger partial charge in [-0.15, -0.1) is 0 Å². The van der Waals surface area contributed by atoms with Crippen molar-refractivity contribution in [2.24, 2.45) is 5.73 Å². The molecule has 1 atom stereocenters. The molecule has 1 aromatic carbocycles. The van der Waals surface area contributed by atoms with E-state index in [2.05, 4.69) is 12.2 Å². The summed E-state index contributed by atoms with van der Waals surface area (Å²) in [6.07, 6.45) is 2.99. The number of carbonyl (C=O) groups is 1. The van der Waals surface area contributed by atoms with Crippen LogP contribution in [0.3, 0.4) is 0 Å². The van der Waals surface area contributed by atoms with Crippen LogP contribution in [0.15, 0.2) is 18.2 Å². The average Bonchev–Trinajstić information content (AvgIpc) is 2.34. The highest BCUT2D eigenvalue weighted by molar-refractivity contribution is 6.36. The Labute approximate surface area is 118 Å². The lowest BCUT2D eigenvalue weighted by atomic mass is 10.1. The number of rotatable bonds is 6. The van der Waals surface area contributed by atoms with E-state index in [1.807, 2.05) is 0 Å². The number of halogens is 2. The first kappa shape index (κ1) is 15.3. The Morgan fingerprint density at radius 2 is 2.17 bits per heavy atom. The molecule has 1 rings (SSSR count). The van der Waals surface area contributed by atoms with Crippen LogP contribution in [-0.4, -0.2) is 18.5 Å². The molecule has 1 amide bonds. The first-order chi connectivity index (χ1) is 8.58. The summed E-state index contributed by atoms with van der Waals surface area (Å²) in [5.41, 5.74) is 6.06. The molecule has 0 spiro atoms. The van der Waals surface area contributed by atoms with Crippen molar-refractivity contribution in [1.29, 1.82) is 0 Å². The molecule has 0 saturated heterocycles. The fraction of sp³-hybridized carbons (Fsp3) is 0.462. The number of hydrogen-bond acceptors (Lipinski definition) is 2. The molecular weight excluding hydrogens is 271 g/mol. The topological polar surface area (TPSA) is 55.1 Å². The van der Waals surface area contributed by atoms with E-state index in [1.54, 1.807) is 18.2 Å². The van der Waals surface area contributed by atoms with Gasteiger partial charge < -0.3 is 11.1 Å². The van der Waals surface area contributed by atoms with Crippen LogP contribution >= 0.6 is 23.2 Å². The molecular formula is C13H18Cl2N2O.